The van der Waals surface area contributed by atoms with Gasteiger partial charge in [-0.3, -0.25) is 5.32 Å². The van der Waals surface area contributed by atoms with E-state index in [2.05, 4.69) is 50.5 Å². The van der Waals surface area contributed by atoms with Crippen molar-refractivity contribution < 1.29 is 9.53 Å². The molecule has 0 atom stereocenters. The number of carbonyl (C=O) groups is 1. The molecule has 0 saturated carbocycles. The summed E-state index contributed by atoms with van der Waals surface area (Å²) in [6.07, 6.45) is -0.464. The van der Waals surface area contributed by atoms with E-state index in [1.54, 1.807) is 0 Å². The van der Waals surface area contributed by atoms with Gasteiger partial charge in [0.25, 0.3) is 0 Å². The number of nitrogens with two attached hydrogens (primary N) is 1. The molecular formula is C11H14I2N2O2. The van der Waals surface area contributed by atoms with Gasteiger partial charge in [0.1, 0.15) is 5.60 Å². The van der Waals surface area contributed by atoms with Gasteiger partial charge in [0, 0.05) is 12.8 Å². The fourth-order valence-corrected chi connectivity index (χ4v) is 2.85. The summed E-state index contributed by atoms with van der Waals surface area (Å²) in [6, 6.07) is 3.62. The van der Waals surface area contributed by atoms with Crippen LogP contribution >= 0.6 is 45.2 Å². The summed E-state index contributed by atoms with van der Waals surface area (Å²) in [5, 5.41) is 2.68. The predicted octanol–water partition coefficient (Wildman–Crippen LogP) is 3.83. The van der Waals surface area contributed by atoms with Crippen molar-refractivity contribution in [3.05, 3.63) is 19.3 Å². The molecule has 0 radical (unpaired) electrons. The number of rotatable bonds is 1. The molecule has 17 heavy (non-hydrogen) atoms. The first kappa shape index (κ1) is 14.8. The summed E-state index contributed by atoms with van der Waals surface area (Å²) in [5.41, 5.74) is 6.73. The average Bonchev–Trinajstić information content (AvgIpc) is 2.10. The summed E-state index contributed by atoms with van der Waals surface area (Å²) in [7, 11) is 0. The SMILES string of the molecule is CC(C)(C)OC(=O)Nc1cc(I)c(N)c(I)c1. The predicted molar refractivity (Wildman–Crippen MR) is 86.1 cm³/mol. The van der Waals surface area contributed by atoms with Crippen LogP contribution in [0.5, 0.6) is 0 Å². The zero-order chi connectivity index (χ0) is 13.2. The number of amides is 1. The lowest BCUT2D eigenvalue weighted by Crippen LogP contribution is -2.27. The summed E-state index contributed by atoms with van der Waals surface area (Å²) in [5.74, 6) is 0. The summed E-state index contributed by atoms with van der Waals surface area (Å²) < 4.78 is 6.97. The Labute approximate surface area is 128 Å². The van der Waals surface area contributed by atoms with Gasteiger partial charge in [0.05, 0.1) is 5.69 Å². The fraction of sp³-hybridized carbons (Fsp3) is 0.364. The van der Waals surface area contributed by atoms with E-state index in [9.17, 15) is 4.79 Å². The number of halogens is 2. The van der Waals surface area contributed by atoms with Crippen molar-refractivity contribution in [2.75, 3.05) is 11.1 Å². The lowest BCUT2D eigenvalue weighted by molar-refractivity contribution is 0.0636. The van der Waals surface area contributed by atoms with Crippen LogP contribution in [0.15, 0.2) is 12.1 Å². The number of hydrogen-bond donors (Lipinski definition) is 2. The van der Waals surface area contributed by atoms with Gasteiger partial charge < -0.3 is 10.5 Å². The maximum Gasteiger partial charge on any atom is 0.412 e. The number of hydrogen-bond acceptors (Lipinski definition) is 3. The fourth-order valence-electron chi connectivity index (χ4n) is 1.08. The van der Waals surface area contributed by atoms with Gasteiger partial charge in [0.15, 0.2) is 0 Å². The topological polar surface area (TPSA) is 64.3 Å². The first-order valence-corrected chi connectivity index (χ1v) is 7.09. The monoisotopic (exact) mass is 460 g/mol. The quantitative estimate of drug-likeness (QED) is 0.495. The molecule has 0 aromatic heterocycles. The number of carbonyl (C=O) groups excluding carboxylic acids is 1. The van der Waals surface area contributed by atoms with Gasteiger partial charge in [0.2, 0.25) is 0 Å². The minimum Gasteiger partial charge on any atom is -0.444 e. The Morgan fingerprint density at radius 2 is 1.76 bits per heavy atom. The van der Waals surface area contributed by atoms with Crippen LogP contribution in [-0.4, -0.2) is 11.7 Å². The number of ether oxygens (including phenoxy) is 1. The molecule has 0 bridgehead atoms. The highest BCUT2D eigenvalue weighted by atomic mass is 127. The highest BCUT2D eigenvalue weighted by Crippen LogP contribution is 2.26. The van der Waals surface area contributed by atoms with E-state index in [1.165, 1.54) is 0 Å². The molecule has 0 heterocycles. The molecule has 0 aliphatic rings. The average molecular weight is 460 g/mol. The third kappa shape index (κ3) is 4.86. The van der Waals surface area contributed by atoms with Crippen LogP contribution in [0.25, 0.3) is 0 Å². The normalized spacial score (nSPS) is 11.1. The Morgan fingerprint density at radius 3 is 2.18 bits per heavy atom. The molecule has 1 rings (SSSR count). The molecule has 0 unspecified atom stereocenters. The van der Waals surface area contributed by atoms with E-state index >= 15 is 0 Å². The Bertz CT molecular complexity index is 419. The van der Waals surface area contributed by atoms with E-state index in [1.807, 2.05) is 32.9 Å². The van der Waals surface area contributed by atoms with Crippen LogP contribution in [0, 0.1) is 7.14 Å². The molecule has 6 heteroatoms. The van der Waals surface area contributed by atoms with Crippen molar-refractivity contribution in [3.63, 3.8) is 0 Å². The molecule has 0 aliphatic heterocycles. The van der Waals surface area contributed by atoms with Gasteiger partial charge in [-0.15, -0.1) is 0 Å². The molecule has 1 aromatic rings. The molecule has 0 fully saturated rings. The summed E-state index contributed by atoms with van der Waals surface area (Å²) in [6.45, 7) is 5.47. The van der Waals surface area contributed by atoms with Crippen molar-refractivity contribution in [2.24, 2.45) is 0 Å². The van der Waals surface area contributed by atoms with E-state index in [4.69, 9.17) is 10.5 Å². The zero-order valence-corrected chi connectivity index (χ0v) is 14.1. The Hall–Kier alpha value is -0.250. The molecule has 4 nitrogen and oxygen atoms in total. The van der Waals surface area contributed by atoms with Gasteiger partial charge in [-0.2, -0.15) is 0 Å². The van der Waals surface area contributed by atoms with Crippen molar-refractivity contribution in [2.45, 2.75) is 26.4 Å². The second kappa shape index (κ2) is 5.59. The molecule has 3 N–H and O–H groups in total. The number of anilines is 2. The minimum atomic E-state index is -0.502. The van der Waals surface area contributed by atoms with Gasteiger partial charge in [-0.25, -0.2) is 4.79 Å². The van der Waals surface area contributed by atoms with Gasteiger partial charge >= 0.3 is 6.09 Å². The first-order chi connectivity index (χ1) is 7.69. The smallest absolute Gasteiger partial charge is 0.412 e. The largest absolute Gasteiger partial charge is 0.444 e. The second-order valence-corrected chi connectivity index (χ2v) is 6.80. The van der Waals surface area contributed by atoms with Crippen LogP contribution in [0.1, 0.15) is 20.8 Å². The summed E-state index contributed by atoms with van der Waals surface area (Å²) >= 11 is 4.26. The molecule has 0 saturated heterocycles. The van der Waals surface area contributed by atoms with Crippen LogP contribution in [0.4, 0.5) is 16.2 Å². The molecule has 1 aromatic carbocycles. The standard InChI is InChI=1S/C11H14I2N2O2/c1-11(2,3)17-10(16)15-6-4-7(12)9(14)8(13)5-6/h4-5H,14H2,1-3H3,(H,15,16). The number of nitrogens with one attached hydrogen (secondary N) is 1. The van der Waals surface area contributed by atoms with Gasteiger partial charge in [-0.05, 0) is 78.1 Å². The Morgan fingerprint density at radius 1 is 1.29 bits per heavy atom. The maximum atomic E-state index is 11.6. The maximum absolute atomic E-state index is 11.6. The van der Waals surface area contributed by atoms with Crippen molar-refractivity contribution in [1.82, 2.24) is 0 Å². The van der Waals surface area contributed by atoms with E-state index in [0.29, 0.717) is 5.69 Å². The van der Waals surface area contributed by atoms with Crippen molar-refractivity contribution >= 4 is 62.6 Å². The molecule has 0 aliphatic carbocycles. The second-order valence-electron chi connectivity index (χ2n) is 4.48. The lowest BCUT2D eigenvalue weighted by atomic mass is 10.2. The van der Waals surface area contributed by atoms with Crippen LogP contribution in [-0.2, 0) is 4.74 Å². The van der Waals surface area contributed by atoms with Crippen molar-refractivity contribution in [3.8, 4) is 0 Å². The third-order valence-corrected chi connectivity index (χ3v) is 3.51. The first-order valence-electron chi connectivity index (χ1n) is 4.93. The third-order valence-electron chi connectivity index (χ3n) is 1.72. The molecule has 1 amide bonds. The van der Waals surface area contributed by atoms with Gasteiger partial charge in [-0.1, -0.05) is 0 Å². The van der Waals surface area contributed by atoms with E-state index in [-0.39, 0.29) is 0 Å². The Balaban J connectivity index is 2.79. The number of nitrogen functional groups attached to an aromatic ring is 1. The molecule has 94 valence electrons. The lowest BCUT2D eigenvalue weighted by Gasteiger charge is -2.20. The van der Waals surface area contributed by atoms with E-state index in [0.717, 1.165) is 12.8 Å². The Kier molecular flexibility index (Phi) is 4.87. The summed E-state index contributed by atoms with van der Waals surface area (Å²) in [4.78, 5) is 11.6. The molecule has 0 spiro atoms. The van der Waals surface area contributed by atoms with Crippen LogP contribution in [0.3, 0.4) is 0 Å². The molecular weight excluding hydrogens is 446 g/mol. The van der Waals surface area contributed by atoms with Crippen LogP contribution < -0.4 is 11.1 Å². The van der Waals surface area contributed by atoms with E-state index < -0.39 is 11.7 Å². The highest BCUT2D eigenvalue weighted by Gasteiger charge is 2.16. The van der Waals surface area contributed by atoms with Crippen molar-refractivity contribution in [1.29, 1.82) is 0 Å². The zero-order valence-electron chi connectivity index (χ0n) is 9.80. The number of benzene rings is 1. The van der Waals surface area contributed by atoms with Crippen LogP contribution in [0.2, 0.25) is 0 Å². The highest BCUT2D eigenvalue weighted by molar-refractivity contribution is 14.1. The minimum absolute atomic E-state index is 0.464.